The Bertz CT molecular complexity index is 374. The van der Waals surface area contributed by atoms with Crippen LogP contribution in [-0.4, -0.2) is 30.6 Å². The molecule has 0 aliphatic carbocycles. The van der Waals surface area contributed by atoms with Gasteiger partial charge in [0.25, 0.3) is 0 Å². The fourth-order valence-corrected chi connectivity index (χ4v) is 1.92. The van der Waals surface area contributed by atoms with E-state index in [1.165, 1.54) is 5.56 Å². The van der Waals surface area contributed by atoms with Gasteiger partial charge in [-0.1, -0.05) is 26.0 Å². The van der Waals surface area contributed by atoms with E-state index >= 15 is 0 Å². The van der Waals surface area contributed by atoms with E-state index in [4.69, 9.17) is 5.26 Å². The van der Waals surface area contributed by atoms with Gasteiger partial charge in [-0.05, 0) is 37.7 Å². The minimum atomic E-state index is 0.473. The Labute approximate surface area is 110 Å². The largest absolute Gasteiger partial charge is 0.309 e. The third kappa shape index (κ3) is 4.87. The van der Waals surface area contributed by atoms with Crippen molar-refractivity contribution in [1.29, 1.82) is 5.26 Å². The third-order valence-corrected chi connectivity index (χ3v) is 3.16. The fourth-order valence-electron chi connectivity index (χ4n) is 1.92. The Morgan fingerprint density at radius 3 is 2.33 bits per heavy atom. The molecule has 18 heavy (non-hydrogen) atoms. The number of benzene rings is 1. The maximum Gasteiger partial charge on any atom is 0.0991 e. The third-order valence-electron chi connectivity index (χ3n) is 3.16. The first-order chi connectivity index (χ1) is 8.69. The van der Waals surface area contributed by atoms with Gasteiger partial charge in [0.2, 0.25) is 0 Å². The Morgan fingerprint density at radius 1 is 1.22 bits per heavy atom. The summed E-state index contributed by atoms with van der Waals surface area (Å²) in [7, 11) is 0. The first-order valence-corrected chi connectivity index (χ1v) is 6.64. The van der Waals surface area contributed by atoms with Crippen LogP contribution < -0.4 is 5.32 Å². The minimum absolute atomic E-state index is 0.473. The Balaban J connectivity index is 2.37. The number of hydrogen-bond acceptors (Lipinski definition) is 3. The molecule has 1 unspecified atom stereocenters. The lowest BCUT2D eigenvalue weighted by Crippen LogP contribution is -2.38. The fraction of sp³-hybridized carbons (Fsp3) is 0.533. The topological polar surface area (TPSA) is 39.1 Å². The molecule has 1 aromatic rings. The second-order valence-corrected chi connectivity index (χ2v) is 4.58. The maximum atomic E-state index is 8.73. The van der Waals surface area contributed by atoms with Gasteiger partial charge in [-0.25, -0.2) is 0 Å². The van der Waals surface area contributed by atoms with Gasteiger partial charge in [-0.2, -0.15) is 5.26 Å². The van der Waals surface area contributed by atoms with Crippen LogP contribution in [0.2, 0.25) is 0 Å². The van der Waals surface area contributed by atoms with Gasteiger partial charge in [0, 0.05) is 19.1 Å². The highest BCUT2D eigenvalue weighted by Gasteiger charge is 2.06. The van der Waals surface area contributed by atoms with Crippen molar-refractivity contribution in [1.82, 2.24) is 10.2 Å². The lowest BCUT2D eigenvalue weighted by Gasteiger charge is -2.23. The number of nitrogens with one attached hydrogen (secondary N) is 1. The second-order valence-electron chi connectivity index (χ2n) is 4.58. The van der Waals surface area contributed by atoms with Gasteiger partial charge in [0.05, 0.1) is 11.6 Å². The van der Waals surface area contributed by atoms with Crippen molar-refractivity contribution in [3.63, 3.8) is 0 Å². The summed E-state index contributed by atoms with van der Waals surface area (Å²) in [4.78, 5) is 2.41. The summed E-state index contributed by atoms with van der Waals surface area (Å²) >= 11 is 0. The number of hydrogen-bond donors (Lipinski definition) is 1. The van der Waals surface area contributed by atoms with Gasteiger partial charge >= 0.3 is 0 Å². The van der Waals surface area contributed by atoms with E-state index in [1.54, 1.807) is 0 Å². The molecular formula is C15H23N3. The summed E-state index contributed by atoms with van der Waals surface area (Å²) in [5.41, 5.74) is 1.94. The van der Waals surface area contributed by atoms with Gasteiger partial charge in [-0.15, -0.1) is 0 Å². The van der Waals surface area contributed by atoms with E-state index in [0.29, 0.717) is 6.04 Å². The van der Waals surface area contributed by atoms with Crippen LogP contribution in [0.5, 0.6) is 0 Å². The molecule has 0 aromatic heterocycles. The lowest BCUT2D eigenvalue weighted by molar-refractivity contribution is 0.270. The molecule has 0 aliphatic rings. The molecule has 0 amide bonds. The molecule has 0 spiro atoms. The molecule has 0 heterocycles. The maximum absolute atomic E-state index is 8.73. The van der Waals surface area contributed by atoms with E-state index in [-0.39, 0.29) is 0 Å². The van der Waals surface area contributed by atoms with Crippen molar-refractivity contribution in [2.24, 2.45) is 0 Å². The van der Waals surface area contributed by atoms with E-state index in [1.807, 2.05) is 24.3 Å². The van der Waals surface area contributed by atoms with E-state index < -0.39 is 0 Å². The molecule has 3 nitrogen and oxygen atoms in total. The quantitative estimate of drug-likeness (QED) is 0.801. The van der Waals surface area contributed by atoms with Crippen LogP contribution in [0.15, 0.2) is 24.3 Å². The van der Waals surface area contributed by atoms with Crippen molar-refractivity contribution in [3.05, 3.63) is 35.4 Å². The predicted octanol–water partition coefficient (Wildman–Crippen LogP) is 2.38. The van der Waals surface area contributed by atoms with Crippen LogP contribution >= 0.6 is 0 Å². The first-order valence-electron chi connectivity index (χ1n) is 6.64. The van der Waals surface area contributed by atoms with E-state index in [2.05, 4.69) is 37.1 Å². The Morgan fingerprint density at radius 2 is 1.83 bits per heavy atom. The molecule has 0 bridgehead atoms. The van der Waals surface area contributed by atoms with Gasteiger partial charge in [0.1, 0.15) is 0 Å². The molecule has 1 rings (SSSR count). The molecule has 1 N–H and O–H groups in total. The van der Waals surface area contributed by atoms with Crippen LogP contribution in [0.3, 0.4) is 0 Å². The first kappa shape index (κ1) is 14.7. The zero-order chi connectivity index (χ0) is 13.4. The number of likely N-dealkylation sites (N-methyl/N-ethyl adjacent to an activating group) is 1. The molecule has 0 saturated heterocycles. The van der Waals surface area contributed by atoms with E-state index in [9.17, 15) is 0 Å². The average molecular weight is 245 g/mol. The normalized spacial score (nSPS) is 12.4. The van der Waals surface area contributed by atoms with Crippen LogP contribution in [0.4, 0.5) is 0 Å². The number of rotatable bonds is 7. The van der Waals surface area contributed by atoms with Crippen molar-refractivity contribution in [2.75, 3.05) is 19.6 Å². The lowest BCUT2D eigenvalue weighted by atomic mass is 10.1. The van der Waals surface area contributed by atoms with Crippen molar-refractivity contribution in [3.8, 4) is 6.07 Å². The molecule has 0 aliphatic heterocycles. The zero-order valence-corrected chi connectivity index (χ0v) is 11.6. The molecule has 98 valence electrons. The number of nitriles is 1. The highest BCUT2D eigenvalue weighted by atomic mass is 15.1. The summed E-state index contributed by atoms with van der Waals surface area (Å²) in [5, 5.41) is 12.2. The van der Waals surface area contributed by atoms with Gasteiger partial charge in [0.15, 0.2) is 0 Å². The van der Waals surface area contributed by atoms with E-state index in [0.717, 1.165) is 31.7 Å². The molecule has 0 fully saturated rings. The molecule has 3 heteroatoms. The summed E-state index contributed by atoms with van der Waals surface area (Å²) in [6.07, 6.45) is 0. The van der Waals surface area contributed by atoms with Crippen LogP contribution in [-0.2, 0) is 6.54 Å². The SMILES string of the molecule is CCN(CC)CC(C)NCc1ccc(C#N)cc1. The molecular weight excluding hydrogens is 222 g/mol. The molecule has 1 atom stereocenters. The molecule has 1 aromatic carbocycles. The zero-order valence-electron chi connectivity index (χ0n) is 11.6. The smallest absolute Gasteiger partial charge is 0.0991 e. The van der Waals surface area contributed by atoms with Crippen molar-refractivity contribution < 1.29 is 0 Å². The summed E-state index contributed by atoms with van der Waals surface area (Å²) in [6.45, 7) is 10.7. The molecule has 0 saturated carbocycles. The predicted molar refractivity (Wildman–Crippen MR) is 75.2 cm³/mol. The summed E-state index contributed by atoms with van der Waals surface area (Å²) in [5.74, 6) is 0. The Kier molecular flexibility index (Phi) is 6.42. The summed E-state index contributed by atoms with van der Waals surface area (Å²) in [6, 6.07) is 10.4. The average Bonchev–Trinajstić information content (AvgIpc) is 2.43. The highest BCUT2D eigenvalue weighted by Crippen LogP contribution is 2.03. The standard InChI is InChI=1S/C15H23N3/c1-4-18(5-2)12-13(3)17-11-15-8-6-14(10-16)7-9-15/h6-9,13,17H,4-5,11-12H2,1-3H3. The highest BCUT2D eigenvalue weighted by molar-refractivity contribution is 5.31. The van der Waals surface area contributed by atoms with Crippen LogP contribution in [0, 0.1) is 11.3 Å². The van der Waals surface area contributed by atoms with Crippen LogP contribution in [0.25, 0.3) is 0 Å². The number of nitrogens with zero attached hydrogens (tertiary/aromatic N) is 2. The van der Waals surface area contributed by atoms with Crippen molar-refractivity contribution in [2.45, 2.75) is 33.4 Å². The van der Waals surface area contributed by atoms with Crippen LogP contribution in [0.1, 0.15) is 31.9 Å². The van der Waals surface area contributed by atoms with Crippen molar-refractivity contribution >= 4 is 0 Å². The second kappa shape index (κ2) is 7.86. The van der Waals surface area contributed by atoms with Gasteiger partial charge in [-0.3, -0.25) is 0 Å². The Hall–Kier alpha value is -1.37. The molecule has 0 radical (unpaired) electrons. The summed E-state index contributed by atoms with van der Waals surface area (Å²) < 4.78 is 0. The van der Waals surface area contributed by atoms with Gasteiger partial charge < -0.3 is 10.2 Å². The monoisotopic (exact) mass is 245 g/mol. The minimum Gasteiger partial charge on any atom is -0.309 e.